The lowest BCUT2D eigenvalue weighted by atomic mass is 9.96. The van der Waals surface area contributed by atoms with Crippen LogP contribution in [0.2, 0.25) is 0 Å². The van der Waals surface area contributed by atoms with E-state index in [2.05, 4.69) is 29.4 Å². The maximum absolute atomic E-state index is 13.4. The summed E-state index contributed by atoms with van der Waals surface area (Å²) < 4.78 is 0. The first-order chi connectivity index (χ1) is 14.6. The van der Waals surface area contributed by atoms with Crippen molar-refractivity contribution in [3.63, 3.8) is 0 Å². The lowest BCUT2D eigenvalue weighted by Gasteiger charge is -2.21. The predicted molar refractivity (Wildman–Crippen MR) is 115 cm³/mol. The van der Waals surface area contributed by atoms with Crippen LogP contribution in [0.25, 0.3) is 0 Å². The Kier molecular flexibility index (Phi) is 4.39. The van der Waals surface area contributed by atoms with E-state index in [4.69, 9.17) is 4.99 Å². The van der Waals surface area contributed by atoms with Crippen molar-refractivity contribution in [1.29, 1.82) is 0 Å². The van der Waals surface area contributed by atoms with Gasteiger partial charge in [-0.3, -0.25) is 14.6 Å². The topological polar surface area (TPSA) is 74.7 Å². The van der Waals surface area contributed by atoms with Crippen LogP contribution in [0.1, 0.15) is 32.6 Å². The van der Waals surface area contributed by atoms with Crippen molar-refractivity contribution in [2.75, 3.05) is 11.4 Å². The summed E-state index contributed by atoms with van der Waals surface area (Å²) in [6.07, 6.45) is 2.89. The molecule has 3 aromatic rings. The molecule has 0 radical (unpaired) electrons. The third-order valence-corrected chi connectivity index (χ3v) is 5.48. The number of aliphatic imine (C=N–C) groups is 1. The molecule has 0 saturated carbocycles. The molecular formula is C24H20N4O2. The maximum Gasteiger partial charge on any atom is 0.272 e. The molecule has 0 spiro atoms. The molecule has 1 atom stereocenters. The van der Waals surface area contributed by atoms with Crippen molar-refractivity contribution in [3.05, 3.63) is 94.8 Å². The summed E-state index contributed by atoms with van der Waals surface area (Å²) in [5, 5.41) is 2.82. The van der Waals surface area contributed by atoms with Gasteiger partial charge in [0.15, 0.2) is 0 Å². The summed E-state index contributed by atoms with van der Waals surface area (Å²) >= 11 is 0. The summed E-state index contributed by atoms with van der Waals surface area (Å²) in [4.78, 5) is 36.6. The van der Waals surface area contributed by atoms with Gasteiger partial charge >= 0.3 is 0 Å². The minimum atomic E-state index is -1.00. The van der Waals surface area contributed by atoms with Gasteiger partial charge < -0.3 is 10.2 Å². The normalized spacial score (nSPS) is 17.2. The van der Waals surface area contributed by atoms with Crippen LogP contribution in [0.5, 0.6) is 0 Å². The number of carbonyl (C=O) groups excluding carboxylic acids is 2. The van der Waals surface area contributed by atoms with Crippen LogP contribution < -0.4 is 10.2 Å². The Morgan fingerprint density at radius 3 is 2.63 bits per heavy atom. The quantitative estimate of drug-likeness (QED) is 0.740. The summed E-state index contributed by atoms with van der Waals surface area (Å²) in [5.41, 5.74) is 6.18. The highest BCUT2D eigenvalue weighted by molar-refractivity contribution is 6.21. The summed E-state index contributed by atoms with van der Waals surface area (Å²) in [6, 6.07) is 17.2. The number of carbonyl (C=O) groups is 2. The number of hydrogen-bond acceptors (Lipinski definition) is 4. The largest absolute Gasteiger partial charge is 0.322 e. The Hall–Kier alpha value is -3.80. The van der Waals surface area contributed by atoms with Crippen LogP contribution in [-0.2, 0) is 11.2 Å². The molecule has 0 bridgehead atoms. The second kappa shape index (κ2) is 7.22. The number of pyridine rings is 1. The molecule has 3 heterocycles. The van der Waals surface area contributed by atoms with E-state index in [-0.39, 0.29) is 11.8 Å². The zero-order valence-electron chi connectivity index (χ0n) is 16.5. The molecule has 5 rings (SSSR count). The van der Waals surface area contributed by atoms with Gasteiger partial charge in [0.2, 0.25) is 6.17 Å². The first-order valence-corrected chi connectivity index (χ1v) is 9.91. The zero-order valence-corrected chi connectivity index (χ0v) is 16.5. The number of aromatic nitrogens is 1. The molecule has 2 aliphatic heterocycles. The van der Waals surface area contributed by atoms with Gasteiger partial charge in [0.05, 0.1) is 11.4 Å². The van der Waals surface area contributed by atoms with E-state index in [1.165, 1.54) is 0 Å². The van der Waals surface area contributed by atoms with Gasteiger partial charge in [0, 0.05) is 35.6 Å². The molecule has 0 unspecified atom stereocenters. The van der Waals surface area contributed by atoms with Crippen molar-refractivity contribution < 1.29 is 9.59 Å². The molecule has 6 heteroatoms. The monoisotopic (exact) mass is 396 g/mol. The average Bonchev–Trinajstić information content (AvgIpc) is 3.16. The second-order valence-electron chi connectivity index (χ2n) is 7.52. The molecule has 6 nitrogen and oxygen atoms in total. The van der Waals surface area contributed by atoms with Crippen molar-refractivity contribution in [2.45, 2.75) is 19.5 Å². The van der Waals surface area contributed by atoms with E-state index < -0.39 is 6.17 Å². The molecule has 0 saturated heterocycles. The maximum atomic E-state index is 13.4. The Morgan fingerprint density at radius 2 is 1.87 bits per heavy atom. The molecule has 2 aromatic carbocycles. The number of hydrogen-bond donors (Lipinski definition) is 1. The number of amides is 2. The van der Waals surface area contributed by atoms with Gasteiger partial charge in [0.25, 0.3) is 11.8 Å². The molecule has 30 heavy (non-hydrogen) atoms. The number of rotatable bonds is 3. The minimum Gasteiger partial charge on any atom is -0.322 e. The Bertz CT molecular complexity index is 1170. The lowest BCUT2D eigenvalue weighted by Crippen LogP contribution is -2.46. The van der Waals surface area contributed by atoms with Crippen LogP contribution in [0.4, 0.5) is 5.69 Å². The van der Waals surface area contributed by atoms with Crippen molar-refractivity contribution >= 4 is 23.2 Å². The van der Waals surface area contributed by atoms with E-state index in [1.807, 2.05) is 30.3 Å². The van der Waals surface area contributed by atoms with Gasteiger partial charge in [-0.1, -0.05) is 42.0 Å². The highest BCUT2D eigenvalue weighted by atomic mass is 16.2. The fraction of sp³-hybridized carbons (Fsp3) is 0.167. The number of nitrogens with zero attached hydrogens (tertiary/aromatic N) is 3. The van der Waals surface area contributed by atoms with Crippen LogP contribution in [0, 0.1) is 6.92 Å². The van der Waals surface area contributed by atoms with Crippen LogP contribution in [-0.4, -0.2) is 35.2 Å². The number of anilines is 1. The summed E-state index contributed by atoms with van der Waals surface area (Å²) in [6.45, 7) is 2.64. The van der Waals surface area contributed by atoms with Crippen molar-refractivity contribution in [2.24, 2.45) is 4.99 Å². The van der Waals surface area contributed by atoms with Crippen molar-refractivity contribution in [1.82, 2.24) is 10.3 Å². The fourth-order valence-corrected chi connectivity index (χ4v) is 4.14. The first kappa shape index (κ1) is 18.2. The average molecular weight is 396 g/mol. The Labute approximate surface area is 174 Å². The van der Waals surface area contributed by atoms with Gasteiger partial charge in [-0.15, -0.1) is 0 Å². The smallest absolute Gasteiger partial charge is 0.272 e. The molecule has 0 fully saturated rings. The number of aryl methyl sites for hydroxylation is 1. The van der Waals surface area contributed by atoms with Crippen LogP contribution in [0.3, 0.4) is 0 Å². The lowest BCUT2D eigenvalue weighted by molar-refractivity contribution is -0.120. The first-order valence-electron chi connectivity index (χ1n) is 9.91. The third-order valence-electron chi connectivity index (χ3n) is 5.48. The van der Waals surface area contributed by atoms with Crippen molar-refractivity contribution in [3.8, 4) is 0 Å². The van der Waals surface area contributed by atoms with Crippen LogP contribution in [0.15, 0.2) is 72.0 Å². The fourth-order valence-electron chi connectivity index (χ4n) is 4.14. The highest BCUT2D eigenvalue weighted by Crippen LogP contribution is 2.37. The predicted octanol–water partition coefficient (Wildman–Crippen LogP) is 2.89. The minimum absolute atomic E-state index is 0.216. The van der Waals surface area contributed by atoms with Gasteiger partial charge in [-0.25, -0.2) is 4.99 Å². The van der Waals surface area contributed by atoms with E-state index in [0.29, 0.717) is 17.8 Å². The highest BCUT2D eigenvalue weighted by Gasteiger charge is 2.37. The number of nitrogens with one attached hydrogen (secondary N) is 1. The van der Waals surface area contributed by atoms with Crippen LogP contribution >= 0.6 is 0 Å². The van der Waals surface area contributed by atoms with Gasteiger partial charge in [-0.05, 0) is 37.1 Å². The van der Waals surface area contributed by atoms with E-state index in [0.717, 1.165) is 34.4 Å². The summed E-state index contributed by atoms with van der Waals surface area (Å²) in [7, 11) is 0. The molecule has 148 valence electrons. The second-order valence-corrected chi connectivity index (χ2v) is 7.52. The molecule has 2 amide bonds. The number of benzene rings is 2. The SMILES string of the molecule is Cc1cc2c3c(c1)C(c1ccccc1)=N[C@@H](NC(=O)c1ccncc1)C(=O)N3CC2. The van der Waals surface area contributed by atoms with E-state index in [1.54, 1.807) is 29.4 Å². The Balaban J connectivity index is 1.64. The molecule has 2 aliphatic rings. The summed E-state index contributed by atoms with van der Waals surface area (Å²) in [5.74, 6) is -0.569. The van der Waals surface area contributed by atoms with Gasteiger partial charge in [-0.2, -0.15) is 0 Å². The Morgan fingerprint density at radius 1 is 1.10 bits per heavy atom. The molecular weight excluding hydrogens is 376 g/mol. The molecule has 1 N–H and O–H groups in total. The third kappa shape index (κ3) is 3.06. The molecule has 0 aliphatic carbocycles. The van der Waals surface area contributed by atoms with Gasteiger partial charge in [0.1, 0.15) is 0 Å². The zero-order chi connectivity index (χ0) is 20.7. The van der Waals surface area contributed by atoms with E-state index >= 15 is 0 Å². The van der Waals surface area contributed by atoms with E-state index in [9.17, 15) is 9.59 Å². The standard InChI is InChI=1S/C24H20N4O2/c1-15-13-18-9-12-28-21(18)19(14-15)20(16-5-3-2-4-6-16)26-22(24(28)30)27-23(29)17-7-10-25-11-8-17/h2-8,10-11,13-14,22H,9,12H2,1H3,(H,27,29)/t22-/m0/s1. The molecule has 1 aromatic heterocycles.